The lowest BCUT2D eigenvalue weighted by atomic mass is 10.0. The predicted molar refractivity (Wildman–Crippen MR) is 79.5 cm³/mol. The Hall–Kier alpha value is -1.66. The molecule has 1 aromatic rings. The third-order valence-electron chi connectivity index (χ3n) is 4.03. The summed E-state index contributed by atoms with van der Waals surface area (Å²) < 4.78 is 0. The van der Waals surface area contributed by atoms with Crippen LogP contribution in [0.5, 0.6) is 0 Å². The SMILES string of the molecule is CN1CCC(N(C)Cc2ccc([N+](=O)[O-])c(N)c2)CC1. The van der Waals surface area contributed by atoms with Crippen LogP contribution in [-0.4, -0.2) is 47.9 Å². The zero-order chi connectivity index (χ0) is 14.7. The molecule has 0 spiro atoms. The molecule has 2 N–H and O–H groups in total. The molecule has 6 nitrogen and oxygen atoms in total. The van der Waals surface area contributed by atoms with Gasteiger partial charge < -0.3 is 10.6 Å². The minimum Gasteiger partial charge on any atom is -0.393 e. The molecule has 1 aromatic carbocycles. The number of likely N-dealkylation sites (tertiary alicyclic amines) is 1. The highest BCUT2D eigenvalue weighted by Gasteiger charge is 2.21. The Bertz CT molecular complexity index is 484. The lowest BCUT2D eigenvalue weighted by molar-refractivity contribution is -0.383. The normalized spacial score (nSPS) is 17.6. The van der Waals surface area contributed by atoms with Gasteiger partial charge in [0.1, 0.15) is 5.69 Å². The zero-order valence-corrected chi connectivity index (χ0v) is 12.1. The third-order valence-corrected chi connectivity index (χ3v) is 4.03. The van der Waals surface area contributed by atoms with Crippen LogP contribution in [0.25, 0.3) is 0 Å². The third kappa shape index (κ3) is 3.46. The molecule has 0 aliphatic carbocycles. The molecule has 1 aliphatic heterocycles. The van der Waals surface area contributed by atoms with Crippen molar-refractivity contribution in [1.29, 1.82) is 0 Å². The molecule has 1 saturated heterocycles. The van der Waals surface area contributed by atoms with Gasteiger partial charge in [0.05, 0.1) is 4.92 Å². The van der Waals surface area contributed by atoms with Gasteiger partial charge in [0.2, 0.25) is 0 Å². The Morgan fingerprint density at radius 2 is 2.10 bits per heavy atom. The molecular weight excluding hydrogens is 256 g/mol. The predicted octanol–water partition coefficient (Wildman–Crippen LogP) is 1.70. The van der Waals surface area contributed by atoms with Crippen molar-refractivity contribution in [2.24, 2.45) is 0 Å². The van der Waals surface area contributed by atoms with Crippen LogP contribution in [0.2, 0.25) is 0 Å². The van der Waals surface area contributed by atoms with Crippen molar-refractivity contribution >= 4 is 11.4 Å². The highest BCUT2D eigenvalue weighted by Crippen LogP contribution is 2.24. The second-order valence-electron chi connectivity index (χ2n) is 5.60. The van der Waals surface area contributed by atoms with Crippen LogP contribution in [0, 0.1) is 10.1 Å². The van der Waals surface area contributed by atoms with Gasteiger partial charge in [-0.15, -0.1) is 0 Å². The molecule has 2 rings (SSSR count). The van der Waals surface area contributed by atoms with E-state index in [1.165, 1.54) is 6.07 Å². The van der Waals surface area contributed by atoms with E-state index in [1.54, 1.807) is 12.1 Å². The smallest absolute Gasteiger partial charge is 0.292 e. The fourth-order valence-corrected chi connectivity index (χ4v) is 2.72. The van der Waals surface area contributed by atoms with E-state index in [0.717, 1.165) is 38.0 Å². The summed E-state index contributed by atoms with van der Waals surface area (Å²) in [5, 5.41) is 10.7. The van der Waals surface area contributed by atoms with Gasteiger partial charge in [-0.25, -0.2) is 0 Å². The van der Waals surface area contributed by atoms with E-state index >= 15 is 0 Å². The maximum atomic E-state index is 10.7. The van der Waals surface area contributed by atoms with E-state index in [-0.39, 0.29) is 11.4 Å². The van der Waals surface area contributed by atoms with E-state index in [2.05, 4.69) is 23.9 Å². The van der Waals surface area contributed by atoms with E-state index in [1.807, 2.05) is 0 Å². The quantitative estimate of drug-likeness (QED) is 0.515. The number of nitrogens with two attached hydrogens (primary N) is 1. The molecule has 6 heteroatoms. The fraction of sp³-hybridized carbons (Fsp3) is 0.571. The number of rotatable bonds is 4. The zero-order valence-electron chi connectivity index (χ0n) is 12.1. The van der Waals surface area contributed by atoms with Gasteiger partial charge in [-0.3, -0.25) is 15.0 Å². The van der Waals surface area contributed by atoms with Crippen molar-refractivity contribution in [2.75, 3.05) is 32.9 Å². The van der Waals surface area contributed by atoms with E-state index < -0.39 is 4.92 Å². The van der Waals surface area contributed by atoms with Crippen molar-refractivity contribution in [3.63, 3.8) is 0 Å². The lowest BCUT2D eigenvalue weighted by Crippen LogP contribution is -2.41. The molecule has 0 unspecified atom stereocenters. The number of benzene rings is 1. The highest BCUT2D eigenvalue weighted by atomic mass is 16.6. The summed E-state index contributed by atoms with van der Waals surface area (Å²) in [5.41, 5.74) is 6.97. The monoisotopic (exact) mass is 278 g/mol. The minimum absolute atomic E-state index is 0.0179. The molecule has 110 valence electrons. The first-order chi connectivity index (χ1) is 9.47. The second-order valence-corrected chi connectivity index (χ2v) is 5.60. The Labute approximate surface area is 119 Å². The average molecular weight is 278 g/mol. The number of piperidine rings is 1. The second kappa shape index (κ2) is 6.19. The highest BCUT2D eigenvalue weighted by molar-refractivity contribution is 5.59. The van der Waals surface area contributed by atoms with Gasteiger partial charge in [-0.05, 0) is 51.7 Å². The first kappa shape index (κ1) is 14.7. The van der Waals surface area contributed by atoms with Crippen molar-refractivity contribution in [3.05, 3.63) is 33.9 Å². The van der Waals surface area contributed by atoms with Crippen LogP contribution in [0.4, 0.5) is 11.4 Å². The molecule has 0 bridgehead atoms. The molecule has 20 heavy (non-hydrogen) atoms. The number of nitrogens with zero attached hydrogens (tertiary/aromatic N) is 3. The summed E-state index contributed by atoms with van der Waals surface area (Å²) in [7, 11) is 4.25. The van der Waals surface area contributed by atoms with E-state index in [4.69, 9.17) is 5.73 Å². The Kier molecular flexibility index (Phi) is 4.57. The molecule has 0 aromatic heterocycles. The summed E-state index contributed by atoms with van der Waals surface area (Å²) in [4.78, 5) is 15.0. The van der Waals surface area contributed by atoms with Crippen molar-refractivity contribution in [3.8, 4) is 0 Å². The van der Waals surface area contributed by atoms with Crippen molar-refractivity contribution in [1.82, 2.24) is 9.80 Å². The number of nitrogen functional groups attached to an aromatic ring is 1. The molecule has 0 radical (unpaired) electrons. The number of nitro groups is 1. The Balaban J connectivity index is 1.99. The molecule has 1 fully saturated rings. The lowest BCUT2D eigenvalue weighted by Gasteiger charge is -2.35. The topological polar surface area (TPSA) is 75.6 Å². The standard InChI is InChI=1S/C14H22N4O2/c1-16-7-5-12(6-8-16)17(2)10-11-3-4-14(18(19)20)13(15)9-11/h3-4,9,12H,5-8,10,15H2,1-2H3. The van der Waals surface area contributed by atoms with Gasteiger partial charge >= 0.3 is 0 Å². The van der Waals surface area contributed by atoms with Gasteiger partial charge in [-0.2, -0.15) is 0 Å². The molecule has 0 amide bonds. The van der Waals surface area contributed by atoms with E-state index in [0.29, 0.717) is 6.04 Å². The summed E-state index contributed by atoms with van der Waals surface area (Å²) in [6, 6.07) is 5.57. The Morgan fingerprint density at radius 1 is 1.45 bits per heavy atom. The molecule has 0 saturated carbocycles. The molecular formula is C14H22N4O2. The number of hydrogen-bond acceptors (Lipinski definition) is 5. The maximum Gasteiger partial charge on any atom is 0.292 e. The summed E-state index contributed by atoms with van der Waals surface area (Å²) in [5.74, 6) is 0. The molecule has 1 heterocycles. The van der Waals surface area contributed by atoms with Crippen LogP contribution in [0.1, 0.15) is 18.4 Å². The fourth-order valence-electron chi connectivity index (χ4n) is 2.72. The van der Waals surface area contributed by atoms with E-state index in [9.17, 15) is 10.1 Å². The maximum absolute atomic E-state index is 10.7. The number of nitro benzene ring substituents is 1. The van der Waals surface area contributed by atoms with Crippen molar-refractivity contribution < 1.29 is 4.92 Å². The first-order valence-corrected chi connectivity index (χ1v) is 6.89. The van der Waals surface area contributed by atoms with Crippen LogP contribution in [-0.2, 0) is 6.54 Å². The summed E-state index contributed by atoms with van der Waals surface area (Å²) in [6.07, 6.45) is 2.32. The number of hydrogen-bond donors (Lipinski definition) is 1. The largest absolute Gasteiger partial charge is 0.393 e. The molecule has 0 atom stereocenters. The van der Waals surface area contributed by atoms with Gasteiger partial charge in [-0.1, -0.05) is 6.07 Å². The summed E-state index contributed by atoms with van der Waals surface area (Å²) in [6.45, 7) is 3.02. The average Bonchev–Trinajstić information content (AvgIpc) is 2.39. The van der Waals surface area contributed by atoms with Crippen molar-refractivity contribution in [2.45, 2.75) is 25.4 Å². The van der Waals surface area contributed by atoms with Gasteiger partial charge in [0.25, 0.3) is 5.69 Å². The van der Waals surface area contributed by atoms with Gasteiger partial charge in [0, 0.05) is 18.7 Å². The van der Waals surface area contributed by atoms with Gasteiger partial charge in [0.15, 0.2) is 0 Å². The first-order valence-electron chi connectivity index (χ1n) is 6.89. The summed E-state index contributed by atoms with van der Waals surface area (Å²) >= 11 is 0. The van der Waals surface area contributed by atoms with Crippen LogP contribution in [0.3, 0.4) is 0 Å². The van der Waals surface area contributed by atoms with Crippen LogP contribution < -0.4 is 5.73 Å². The van der Waals surface area contributed by atoms with Crippen LogP contribution >= 0.6 is 0 Å². The van der Waals surface area contributed by atoms with Crippen LogP contribution in [0.15, 0.2) is 18.2 Å². The Morgan fingerprint density at radius 3 is 2.65 bits per heavy atom. The minimum atomic E-state index is -0.445. The molecule has 1 aliphatic rings. The number of anilines is 1.